The molecule has 8 rings (SSSR count). The average Bonchev–Trinajstić information content (AvgIpc) is 3.66. The van der Waals surface area contributed by atoms with E-state index in [9.17, 15) is 24.3 Å². The fourth-order valence-electron chi connectivity index (χ4n) is 8.45. The highest BCUT2D eigenvalue weighted by molar-refractivity contribution is 6.05. The molecule has 13 nitrogen and oxygen atoms in total. The number of piperazine rings is 1. The van der Waals surface area contributed by atoms with Crippen molar-refractivity contribution >= 4 is 46.2 Å². The Bertz CT molecular complexity index is 2350. The van der Waals surface area contributed by atoms with Gasteiger partial charge in [0.1, 0.15) is 5.65 Å². The minimum absolute atomic E-state index is 0.130. The number of hydrogen-bond acceptors (Lipinski definition) is 8. The number of anilines is 2. The van der Waals surface area contributed by atoms with Crippen LogP contribution in [0.4, 0.5) is 16.2 Å². The molecule has 58 heavy (non-hydrogen) atoms. The number of aromatic amines is 1. The number of nitrogens with zero attached hydrogens (tertiary/aromatic N) is 6. The Hall–Kier alpha value is -6.05. The normalized spacial score (nSPS) is 16.7. The fourth-order valence-corrected chi connectivity index (χ4v) is 8.45. The first kappa shape index (κ1) is 38.8. The molecular weight excluding hydrogens is 733 g/mol. The third-order valence-electron chi connectivity index (χ3n) is 11.7. The Morgan fingerprint density at radius 1 is 0.879 bits per heavy atom. The van der Waals surface area contributed by atoms with Crippen LogP contribution in [0.25, 0.3) is 33.3 Å². The lowest BCUT2D eigenvalue weighted by atomic mass is 9.90. The fraction of sp³-hybridized carbons (Fsp3) is 0.356. The van der Waals surface area contributed by atoms with E-state index < -0.39 is 6.10 Å². The maximum Gasteiger partial charge on any atom is 0.328 e. The van der Waals surface area contributed by atoms with Gasteiger partial charge >= 0.3 is 6.03 Å². The molecule has 5 aromatic rings. The van der Waals surface area contributed by atoms with Crippen molar-refractivity contribution in [2.24, 2.45) is 0 Å². The second-order valence-electron chi connectivity index (χ2n) is 15.8. The number of aliphatic hydroxyl groups is 1. The Kier molecular flexibility index (Phi) is 11.0. The monoisotopic (exact) mass is 782 g/mol. The van der Waals surface area contributed by atoms with Crippen molar-refractivity contribution in [1.82, 2.24) is 30.0 Å². The van der Waals surface area contributed by atoms with Crippen LogP contribution >= 0.6 is 0 Å². The van der Waals surface area contributed by atoms with Crippen LogP contribution in [0.1, 0.15) is 46.8 Å². The number of rotatable bonds is 10. The van der Waals surface area contributed by atoms with Crippen LogP contribution in [0.5, 0.6) is 0 Å². The molecule has 0 bridgehead atoms. The van der Waals surface area contributed by atoms with Crippen LogP contribution in [-0.2, 0) is 22.6 Å². The molecule has 0 unspecified atom stereocenters. The lowest BCUT2D eigenvalue weighted by molar-refractivity contribution is -0.132. The number of benzene rings is 3. The number of carbonyl (C=O) groups excluding carboxylic acids is 4. The molecule has 2 saturated heterocycles. The first-order chi connectivity index (χ1) is 28.0. The standard InChI is InChI=1S/C45H50N8O5/c1-29-22-34(35-24-38-39(26-47-43(38)46-25-35)31-4-6-32(7-5-31)44(57)49(3)27-30(2)54)23-33-12-15-50(28-40(29)33)16-14-42(56)52-20-18-51(19-21-52)36-8-10-37(11-9-36)53-17-13-41(55)48-45(53)58/h4-11,22-26,30,54H,12-21,27-28H2,1-3H3,(H,46,47)(H,48,55,58)/t30-/m0/s1. The van der Waals surface area contributed by atoms with Gasteiger partial charge < -0.3 is 24.8 Å². The van der Waals surface area contributed by atoms with Crippen LogP contribution in [0.15, 0.2) is 79.1 Å². The second kappa shape index (κ2) is 16.4. The summed E-state index contributed by atoms with van der Waals surface area (Å²) in [5.74, 6) is -0.186. The summed E-state index contributed by atoms with van der Waals surface area (Å²) in [5, 5.41) is 13.1. The van der Waals surface area contributed by atoms with E-state index in [1.54, 1.807) is 18.9 Å². The SMILES string of the molecule is Cc1cc(-c2cnc3[nH]cc(-c4ccc(C(=O)N(C)C[C@H](C)O)cc4)c3c2)cc2c1CN(CCC(=O)N1CCN(c3ccc(N4CCC(=O)NC4=O)cc3)CC1)CC2. The average molecular weight is 783 g/mol. The first-order valence-electron chi connectivity index (χ1n) is 20.1. The van der Waals surface area contributed by atoms with Crippen LogP contribution in [0.3, 0.4) is 0 Å². The maximum absolute atomic E-state index is 13.3. The molecule has 3 aliphatic heterocycles. The van der Waals surface area contributed by atoms with Gasteiger partial charge in [0.25, 0.3) is 5.91 Å². The molecule has 5 amide bonds. The molecule has 3 N–H and O–H groups in total. The van der Waals surface area contributed by atoms with Crippen LogP contribution < -0.4 is 15.1 Å². The van der Waals surface area contributed by atoms with Crippen molar-refractivity contribution in [3.8, 4) is 22.3 Å². The number of aryl methyl sites for hydroxylation is 1. The minimum Gasteiger partial charge on any atom is -0.392 e. The van der Waals surface area contributed by atoms with Gasteiger partial charge in [-0.25, -0.2) is 9.78 Å². The van der Waals surface area contributed by atoms with Crippen molar-refractivity contribution in [2.45, 2.75) is 45.8 Å². The Labute approximate surface area is 338 Å². The number of aliphatic hydroxyl groups excluding tert-OH is 1. The number of imide groups is 1. The predicted octanol–water partition coefficient (Wildman–Crippen LogP) is 5.20. The number of nitrogens with one attached hydrogen (secondary N) is 2. The number of urea groups is 1. The molecule has 0 saturated carbocycles. The molecule has 1 atom stereocenters. The number of likely N-dealkylation sites (N-methyl/N-ethyl adjacent to an activating group) is 1. The quantitative estimate of drug-likeness (QED) is 0.175. The zero-order valence-electron chi connectivity index (χ0n) is 33.3. The molecule has 0 radical (unpaired) electrons. The number of amides is 5. The van der Waals surface area contributed by atoms with E-state index in [2.05, 4.69) is 45.2 Å². The molecule has 13 heteroatoms. The van der Waals surface area contributed by atoms with Crippen LogP contribution in [0.2, 0.25) is 0 Å². The molecule has 0 aliphatic carbocycles. The minimum atomic E-state index is -0.592. The lowest BCUT2D eigenvalue weighted by Gasteiger charge is -2.37. The molecule has 300 valence electrons. The largest absolute Gasteiger partial charge is 0.392 e. The van der Waals surface area contributed by atoms with Crippen molar-refractivity contribution in [2.75, 3.05) is 69.2 Å². The van der Waals surface area contributed by atoms with Gasteiger partial charge in [0.2, 0.25) is 11.8 Å². The number of aromatic nitrogens is 2. The highest BCUT2D eigenvalue weighted by Crippen LogP contribution is 2.34. The van der Waals surface area contributed by atoms with E-state index >= 15 is 0 Å². The van der Waals surface area contributed by atoms with E-state index in [0.29, 0.717) is 38.0 Å². The Balaban J connectivity index is 0.856. The highest BCUT2D eigenvalue weighted by atomic mass is 16.3. The Morgan fingerprint density at radius 3 is 2.34 bits per heavy atom. The molecule has 3 aliphatic rings. The summed E-state index contributed by atoms with van der Waals surface area (Å²) < 4.78 is 0. The molecule has 0 spiro atoms. The van der Waals surface area contributed by atoms with Gasteiger partial charge in [-0.3, -0.25) is 29.5 Å². The van der Waals surface area contributed by atoms with Crippen molar-refractivity contribution in [3.05, 3.63) is 101 Å². The maximum atomic E-state index is 13.3. The lowest BCUT2D eigenvalue weighted by Crippen LogP contribution is -2.50. The van der Waals surface area contributed by atoms with Gasteiger partial charge in [-0.15, -0.1) is 0 Å². The van der Waals surface area contributed by atoms with Crippen LogP contribution in [0, 0.1) is 6.92 Å². The summed E-state index contributed by atoms with van der Waals surface area (Å²) in [7, 11) is 1.69. The van der Waals surface area contributed by atoms with E-state index in [4.69, 9.17) is 4.98 Å². The van der Waals surface area contributed by atoms with E-state index in [1.807, 2.05) is 65.8 Å². The smallest absolute Gasteiger partial charge is 0.328 e. The summed E-state index contributed by atoms with van der Waals surface area (Å²) in [4.78, 5) is 67.7. The van der Waals surface area contributed by atoms with E-state index in [1.165, 1.54) is 21.6 Å². The van der Waals surface area contributed by atoms with Crippen LogP contribution in [-0.4, -0.2) is 119 Å². The summed E-state index contributed by atoms with van der Waals surface area (Å²) in [6.45, 7) is 9.76. The number of pyridine rings is 1. The zero-order chi connectivity index (χ0) is 40.5. The molecule has 2 aromatic heterocycles. The number of hydrogen-bond donors (Lipinski definition) is 3. The molecule has 3 aromatic carbocycles. The summed E-state index contributed by atoms with van der Waals surface area (Å²) in [6.07, 6.45) is 4.98. The third kappa shape index (κ3) is 8.18. The molecular formula is C45H50N8O5. The number of carbonyl (C=O) groups is 4. The van der Waals surface area contributed by atoms with Gasteiger partial charge in [0, 0.05) is 125 Å². The van der Waals surface area contributed by atoms with Gasteiger partial charge in [0.15, 0.2) is 0 Å². The van der Waals surface area contributed by atoms with Crippen molar-refractivity contribution in [3.63, 3.8) is 0 Å². The highest BCUT2D eigenvalue weighted by Gasteiger charge is 2.26. The summed E-state index contributed by atoms with van der Waals surface area (Å²) in [5.41, 5.74) is 11.3. The molecule has 5 heterocycles. The third-order valence-corrected chi connectivity index (χ3v) is 11.7. The van der Waals surface area contributed by atoms with E-state index in [-0.39, 0.29) is 30.3 Å². The number of H-pyrrole nitrogens is 1. The number of fused-ring (bicyclic) bond motifs is 2. The van der Waals surface area contributed by atoms with Crippen molar-refractivity contribution in [1.29, 1.82) is 0 Å². The molecule has 2 fully saturated rings. The summed E-state index contributed by atoms with van der Waals surface area (Å²) in [6, 6.07) is 21.7. The van der Waals surface area contributed by atoms with Gasteiger partial charge in [-0.2, -0.15) is 0 Å². The zero-order valence-corrected chi connectivity index (χ0v) is 33.3. The Morgan fingerprint density at radius 2 is 1.62 bits per heavy atom. The predicted molar refractivity (Wildman–Crippen MR) is 225 cm³/mol. The van der Waals surface area contributed by atoms with Crippen molar-refractivity contribution < 1.29 is 24.3 Å². The van der Waals surface area contributed by atoms with Gasteiger partial charge in [0.05, 0.1) is 6.10 Å². The summed E-state index contributed by atoms with van der Waals surface area (Å²) >= 11 is 0. The van der Waals surface area contributed by atoms with E-state index in [0.717, 1.165) is 83.8 Å². The van der Waals surface area contributed by atoms with Gasteiger partial charge in [-0.1, -0.05) is 24.3 Å². The second-order valence-corrected chi connectivity index (χ2v) is 15.8. The topological polar surface area (TPSA) is 145 Å². The van der Waals surface area contributed by atoms with Gasteiger partial charge in [-0.05, 0) is 90.6 Å². The first-order valence-corrected chi connectivity index (χ1v) is 20.1.